The molecular formula is C14H25NO3S. The van der Waals surface area contributed by atoms with Crippen LogP contribution in [0.3, 0.4) is 0 Å². The molecule has 0 aromatic heterocycles. The summed E-state index contributed by atoms with van der Waals surface area (Å²) in [7, 11) is -3.50. The van der Waals surface area contributed by atoms with Crippen molar-refractivity contribution in [2.45, 2.75) is 58.1 Å². The van der Waals surface area contributed by atoms with Gasteiger partial charge >= 0.3 is 0 Å². The molecule has 0 radical (unpaired) electrons. The summed E-state index contributed by atoms with van der Waals surface area (Å²) in [5.74, 6) is 0.912. The second-order valence-electron chi connectivity index (χ2n) is 6.59. The number of amides is 1. The molecule has 2 aliphatic carbocycles. The number of hydrogen-bond donors (Lipinski definition) is 1. The van der Waals surface area contributed by atoms with E-state index in [0.29, 0.717) is 24.2 Å². The first kappa shape index (κ1) is 14.8. The average Bonchev–Trinajstić information content (AvgIpc) is 3.01. The van der Waals surface area contributed by atoms with Crippen molar-refractivity contribution in [2.75, 3.05) is 0 Å². The zero-order valence-corrected chi connectivity index (χ0v) is 12.9. The lowest BCUT2D eigenvalue weighted by Gasteiger charge is -2.15. The fourth-order valence-corrected chi connectivity index (χ4v) is 4.74. The van der Waals surface area contributed by atoms with E-state index in [-0.39, 0.29) is 11.8 Å². The van der Waals surface area contributed by atoms with Gasteiger partial charge in [0.25, 0.3) is 0 Å². The lowest BCUT2D eigenvalue weighted by atomic mass is 10.0. The van der Waals surface area contributed by atoms with Crippen molar-refractivity contribution in [3.8, 4) is 0 Å². The van der Waals surface area contributed by atoms with E-state index < -0.39 is 15.3 Å². The van der Waals surface area contributed by atoms with Gasteiger partial charge in [0.05, 0.1) is 5.25 Å². The van der Waals surface area contributed by atoms with Crippen LogP contribution in [0.1, 0.15) is 52.9 Å². The van der Waals surface area contributed by atoms with Crippen LogP contribution in [0.5, 0.6) is 0 Å². The summed E-state index contributed by atoms with van der Waals surface area (Å²) in [5.41, 5.74) is 0. The second kappa shape index (κ2) is 5.43. The van der Waals surface area contributed by atoms with E-state index in [2.05, 4.69) is 4.72 Å². The second-order valence-corrected chi connectivity index (χ2v) is 8.69. The third-order valence-electron chi connectivity index (χ3n) is 4.54. The SMILES string of the molecule is CC(C)C[C@H](C)S(=O)(=O)NC(=O)C1[C@H]2CCCC[C@@H]12. The summed E-state index contributed by atoms with van der Waals surface area (Å²) in [5, 5.41) is -0.503. The minimum Gasteiger partial charge on any atom is -0.274 e. The lowest BCUT2D eigenvalue weighted by Crippen LogP contribution is -2.38. The zero-order chi connectivity index (χ0) is 14.2. The van der Waals surface area contributed by atoms with E-state index in [0.717, 1.165) is 12.8 Å². The van der Waals surface area contributed by atoms with Gasteiger partial charge in [-0.2, -0.15) is 0 Å². The van der Waals surface area contributed by atoms with Crippen molar-refractivity contribution in [3.63, 3.8) is 0 Å². The molecule has 2 rings (SSSR count). The Balaban J connectivity index is 1.91. The number of hydrogen-bond acceptors (Lipinski definition) is 3. The highest BCUT2D eigenvalue weighted by atomic mass is 32.2. The molecule has 2 fully saturated rings. The highest BCUT2D eigenvalue weighted by molar-refractivity contribution is 7.90. The Hall–Kier alpha value is -0.580. The van der Waals surface area contributed by atoms with E-state index in [4.69, 9.17) is 0 Å². The Morgan fingerprint density at radius 3 is 2.16 bits per heavy atom. The van der Waals surface area contributed by atoms with Gasteiger partial charge in [0.1, 0.15) is 0 Å². The highest BCUT2D eigenvalue weighted by Crippen LogP contribution is 2.55. The number of rotatable bonds is 5. The van der Waals surface area contributed by atoms with Gasteiger partial charge in [0.15, 0.2) is 0 Å². The Morgan fingerprint density at radius 1 is 1.16 bits per heavy atom. The minimum atomic E-state index is -3.50. The summed E-state index contributed by atoms with van der Waals surface area (Å²) in [4.78, 5) is 12.1. The van der Waals surface area contributed by atoms with Crippen LogP contribution in [0, 0.1) is 23.7 Å². The summed E-state index contributed by atoms with van der Waals surface area (Å²) in [6.45, 7) is 5.65. The zero-order valence-electron chi connectivity index (χ0n) is 12.1. The van der Waals surface area contributed by atoms with Crippen LogP contribution in [0.4, 0.5) is 0 Å². The van der Waals surface area contributed by atoms with Gasteiger partial charge in [-0.1, -0.05) is 26.7 Å². The minimum absolute atomic E-state index is 0.0384. The van der Waals surface area contributed by atoms with Crippen LogP contribution in [0.15, 0.2) is 0 Å². The Bertz CT molecular complexity index is 432. The van der Waals surface area contributed by atoms with Crippen molar-refractivity contribution in [1.82, 2.24) is 4.72 Å². The first-order chi connectivity index (χ1) is 8.83. The molecule has 4 atom stereocenters. The highest BCUT2D eigenvalue weighted by Gasteiger charge is 2.55. The predicted molar refractivity (Wildman–Crippen MR) is 74.9 cm³/mol. The van der Waals surface area contributed by atoms with Crippen molar-refractivity contribution in [3.05, 3.63) is 0 Å². The van der Waals surface area contributed by atoms with Crippen LogP contribution in [0.2, 0.25) is 0 Å². The molecule has 0 aromatic carbocycles. The van der Waals surface area contributed by atoms with Gasteiger partial charge in [0, 0.05) is 5.92 Å². The van der Waals surface area contributed by atoms with E-state index in [1.807, 2.05) is 13.8 Å². The molecule has 19 heavy (non-hydrogen) atoms. The van der Waals surface area contributed by atoms with E-state index >= 15 is 0 Å². The molecule has 0 aromatic rings. The first-order valence-corrected chi connectivity index (χ1v) is 8.93. The van der Waals surface area contributed by atoms with Gasteiger partial charge < -0.3 is 0 Å². The third kappa shape index (κ3) is 3.30. The number of sulfonamides is 1. The standard InChI is InChI=1S/C14H25NO3S/c1-9(2)8-10(3)19(17,18)15-14(16)13-11-6-4-5-7-12(11)13/h9-13H,4-8H2,1-3H3,(H,15,16)/t10-,11-,12+,13?/m0/s1. The van der Waals surface area contributed by atoms with E-state index in [9.17, 15) is 13.2 Å². The largest absolute Gasteiger partial charge is 0.274 e. The van der Waals surface area contributed by atoms with Crippen LogP contribution in [-0.2, 0) is 14.8 Å². The molecule has 4 nitrogen and oxygen atoms in total. The molecule has 0 aliphatic heterocycles. The summed E-state index contributed by atoms with van der Waals surface area (Å²) >= 11 is 0. The molecule has 0 bridgehead atoms. The normalized spacial score (nSPS) is 31.7. The average molecular weight is 287 g/mol. The van der Waals surface area contributed by atoms with Gasteiger partial charge in [-0.25, -0.2) is 8.42 Å². The quantitative estimate of drug-likeness (QED) is 0.844. The van der Waals surface area contributed by atoms with E-state index in [1.54, 1.807) is 6.92 Å². The molecule has 110 valence electrons. The lowest BCUT2D eigenvalue weighted by molar-refractivity contribution is -0.121. The third-order valence-corrected chi connectivity index (χ3v) is 6.27. The van der Waals surface area contributed by atoms with Crippen LogP contribution in [-0.4, -0.2) is 19.6 Å². The van der Waals surface area contributed by atoms with Crippen molar-refractivity contribution < 1.29 is 13.2 Å². The molecule has 1 unspecified atom stereocenters. The van der Waals surface area contributed by atoms with Crippen molar-refractivity contribution in [1.29, 1.82) is 0 Å². The Kier molecular flexibility index (Phi) is 4.23. The molecule has 5 heteroatoms. The summed E-state index contributed by atoms with van der Waals surface area (Å²) < 4.78 is 26.5. The van der Waals surface area contributed by atoms with Gasteiger partial charge in [-0.15, -0.1) is 0 Å². The fourth-order valence-electron chi connectivity index (χ4n) is 3.48. The molecule has 0 heterocycles. The maximum atomic E-state index is 12.1. The summed E-state index contributed by atoms with van der Waals surface area (Å²) in [6.07, 6.45) is 5.12. The van der Waals surface area contributed by atoms with Crippen molar-refractivity contribution in [2.24, 2.45) is 23.7 Å². The smallest absolute Gasteiger partial charge is 0.237 e. The number of nitrogens with one attached hydrogen (secondary N) is 1. The monoisotopic (exact) mass is 287 g/mol. The molecule has 2 aliphatic rings. The number of carbonyl (C=O) groups is 1. The predicted octanol–water partition coefficient (Wildman–Crippen LogP) is 2.30. The maximum Gasteiger partial charge on any atom is 0.237 e. The molecular weight excluding hydrogens is 262 g/mol. The Morgan fingerprint density at radius 2 is 1.68 bits per heavy atom. The molecule has 1 N–H and O–H groups in total. The Labute approximate surface area is 116 Å². The molecule has 1 amide bonds. The topological polar surface area (TPSA) is 63.2 Å². The van der Waals surface area contributed by atoms with Crippen LogP contribution < -0.4 is 4.72 Å². The molecule has 2 saturated carbocycles. The van der Waals surface area contributed by atoms with Gasteiger partial charge in [-0.3, -0.25) is 9.52 Å². The number of fused-ring (bicyclic) bond motifs is 1. The molecule has 0 spiro atoms. The number of carbonyl (C=O) groups excluding carboxylic acids is 1. The maximum absolute atomic E-state index is 12.1. The van der Waals surface area contributed by atoms with Gasteiger partial charge in [-0.05, 0) is 43.9 Å². The van der Waals surface area contributed by atoms with Gasteiger partial charge in [0.2, 0.25) is 15.9 Å². The first-order valence-electron chi connectivity index (χ1n) is 7.38. The molecule has 0 saturated heterocycles. The van der Waals surface area contributed by atoms with Crippen molar-refractivity contribution >= 4 is 15.9 Å². The fraction of sp³-hybridized carbons (Fsp3) is 0.929. The van der Waals surface area contributed by atoms with Crippen LogP contribution >= 0.6 is 0 Å². The summed E-state index contributed by atoms with van der Waals surface area (Å²) in [6, 6.07) is 0. The van der Waals surface area contributed by atoms with E-state index in [1.165, 1.54) is 12.8 Å². The van der Waals surface area contributed by atoms with Crippen LogP contribution in [0.25, 0.3) is 0 Å².